The van der Waals surface area contributed by atoms with Crippen LogP contribution in [0.4, 0.5) is 0 Å². The number of halogens is 2. The number of carbonyl (C=O) groups is 2. The highest BCUT2D eigenvalue weighted by Gasteiger charge is 2.16. The molecule has 1 fully saturated rings. The van der Waals surface area contributed by atoms with E-state index in [1.54, 1.807) is 23.1 Å². The third-order valence-electron chi connectivity index (χ3n) is 3.18. The van der Waals surface area contributed by atoms with E-state index in [0.717, 1.165) is 30.5 Å². The predicted octanol–water partition coefficient (Wildman–Crippen LogP) is 1.42. The number of nitrogens with one attached hydrogen (secondary N) is 2. The van der Waals surface area contributed by atoms with Gasteiger partial charge in [-0.3, -0.25) is 9.59 Å². The van der Waals surface area contributed by atoms with Crippen molar-refractivity contribution in [3.05, 3.63) is 34.3 Å². The zero-order valence-corrected chi connectivity index (χ0v) is 14.0. The molecule has 2 N–H and O–H groups in total. The Morgan fingerprint density at radius 3 is 2.86 bits per heavy atom. The van der Waals surface area contributed by atoms with Crippen LogP contribution in [-0.2, 0) is 4.79 Å². The van der Waals surface area contributed by atoms with Gasteiger partial charge in [0.25, 0.3) is 5.91 Å². The zero-order valence-electron chi connectivity index (χ0n) is 11.6. The van der Waals surface area contributed by atoms with Crippen LogP contribution in [0.15, 0.2) is 28.7 Å². The molecule has 1 saturated heterocycles. The number of hydrogen-bond acceptors (Lipinski definition) is 3. The molecule has 0 atom stereocenters. The fourth-order valence-electron chi connectivity index (χ4n) is 2.09. The summed E-state index contributed by atoms with van der Waals surface area (Å²) in [6, 6.07) is 7.10. The molecule has 116 valence electrons. The van der Waals surface area contributed by atoms with Gasteiger partial charge in [0.05, 0.1) is 6.54 Å². The summed E-state index contributed by atoms with van der Waals surface area (Å²) in [5.41, 5.74) is 0.546. The lowest BCUT2D eigenvalue weighted by atomic mass is 10.2. The van der Waals surface area contributed by atoms with E-state index in [0.29, 0.717) is 12.1 Å². The second-order valence-corrected chi connectivity index (χ2v) is 5.59. The minimum Gasteiger partial charge on any atom is -0.343 e. The van der Waals surface area contributed by atoms with Crippen LogP contribution in [0.5, 0.6) is 0 Å². The summed E-state index contributed by atoms with van der Waals surface area (Å²) in [5, 5.41) is 5.91. The first-order valence-corrected chi connectivity index (χ1v) is 7.48. The third-order valence-corrected chi connectivity index (χ3v) is 3.67. The van der Waals surface area contributed by atoms with Crippen molar-refractivity contribution in [2.45, 2.75) is 6.42 Å². The molecule has 1 aromatic rings. The maximum Gasteiger partial charge on any atom is 0.251 e. The minimum atomic E-state index is -0.229. The van der Waals surface area contributed by atoms with E-state index in [9.17, 15) is 9.59 Å². The molecule has 0 radical (unpaired) electrons. The van der Waals surface area contributed by atoms with E-state index in [-0.39, 0.29) is 30.8 Å². The fraction of sp³-hybridized carbons (Fsp3) is 0.429. The zero-order chi connectivity index (χ0) is 14.4. The molecule has 2 rings (SSSR count). The van der Waals surface area contributed by atoms with Crippen molar-refractivity contribution >= 4 is 40.2 Å². The van der Waals surface area contributed by atoms with Crippen LogP contribution in [-0.4, -0.2) is 49.4 Å². The second kappa shape index (κ2) is 9.02. The minimum absolute atomic E-state index is 0. The van der Waals surface area contributed by atoms with Crippen LogP contribution in [0.2, 0.25) is 0 Å². The first-order valence-electron chi connectivity index (χ1n) is 6.69. The molecule has 21 heavy (non-hydrogen) atoms. The van der Waals surface area contributed by atoms with Crippen molar-refractivity contribution in [1.29, 1.82) is 0 Å². The van der Waals surface area contributed by atoms with Crippen LogP contribution >= 0.6 is 28.3 Å². The van der Waals surface area contributed by atoms with Crippen molar-refractivity contribution in [1.82, 2.24) is 15.5 Å². The Kier molecular flexibility index (Phi) is 7.71. The summed E-state index contributed by atoms with van der Waals surface area (Å²) in [7, 11) is 0. The molecule has 0 aliphatic carbocycles. The number of amides is 2. The maximum atomic E-state index is 12.0. The van der Waals surface area contributed by atoms with E-state index in [2.05, 4.69) is 26.6 Å². The maximum absolute atomic E-state index is 12.0. The van der Waals surface area contributed by atoms with Crippen molar-refractivity contribution < 1.29 is 9.59 Å². The molecule has 1 heterocycles. The number of carbonyl (C=O) groups excluding carboxylic acids is 2. The van der Waals surface area contributed by atoms with Gasteiger partial charge in [0.1, 0.15) is 0 Å². The molecule has 1 aliphatic heterocycles. The van der Waals surface area contributed by atoms with E-state index in [1.807, 2.05) is 6.07 Å². The van der Waals surface area contributed by atoms with Crippen molar-refractivity contribution in [2.24, 2.45) is 0 Å². The molecule has 5 nitrogen and oxygen atoms in total. The van der Waals surface area contributed by atoms with Crippen molar-refractivity contribution in [3.63, 3.8) is 0 Å². The number of benzene rings is 1. The highest BCUT2D eigenvalue weighted by Crippen LogP contribution is 2.11. The molecule has 0 saturated carbocycles. The summed E-state index contributed by atoms with van der Waals surface area (Å²) >= 11 is 3.32. The largest absolute Gasteiger partial charge is 0.343 e. The molecule has 1 aromatic carbocycles. The van der Waals surface area contributed by atoms with Gasteiger partial charge >= 0.3 is 0 Å². The Hall–Kier alpha value is -1.11. The monoisotopic (exact) mass is 375 g/mol. The van der Waals surface area contributed by atoms with Gasteiger partial charge in [0.2, 0.25) is 5.91 Å². The smallest absolute Gasteiger partial charge is 0.251 e. The summed E-state index contributed by atoms with van der Waals surface area (Å²) in [6.45, 7) is 3.25. The lowest BCUT2D eigenvalue weighted by Gasteiger charge is -2.20. The average Bonchev–Trinajstić information content (AvgIpc) is 2.73. The van der Waals surface area contributed by atoms with Gasteiger partial charge in [-0.1, -0.05) is 22.0 Å². The van der Waals surface area contributed by atoms with Gasteiger partial charge in [-0.2, -0.15) is 0 Å². The number of hydrogen-bond donors (Lipinski definition) is 2. The van der Waals surface area contributed by atoms with Gasteiger partial charge < -0.3 is 15.5 Å². The van der Waals surface area contributed by atoms with Crippen molar-refractivity contribution in [2.75, 3.05) is 32.7 Å². The van der Waals surface area contributed by atoms with Gasteiger partial charge in [-0.05, 0) is 31.2 Å². The molecule has 0 unspecified atom stereocenters. The van der Waals surface area contributed by atoms with E-state index >= 15 is 0 Å². The number of nitrogens with zero attached hydrogens (tertiary/aromatic N) is 1. The van der Waals surface area contributed by atoms with E-state index < -0.39 is 0 Å². The fourth-order valence-corrected chi connectivity index (χ4v) is 2.49. The van der Waals surface area contributed by atoms with E-state index in [4.69, 9.17) is 0 Å². The molecule has 0 bridgehead atoms. The molecule has 1 aliphatic rings. The van der Waals surface area contributed by atoms with Crippen LogP contribution in [0.3, 0.4) is 0 Å². The summed E-state index contributed by atoms with van der Waals surface area (Å²) < 4.78 is 0.843. The summed E-state index contributed by atoms with van der Waals surface area (Å²) in [6.07, 6.45) is 0.950. The first-order chi connectivity index (χ1) is 9.66. The molecule has 7 heteroatoms. The first kappa shape index (κ1) is 17.9. The summed E-state index contributed by atoms with van der Waals surface area (Å²) in [5.74, 6) is -0.260. The van der Waals surface area contributed by atoms with Gasteiger partial charge in [-0.25, -0.2) is 0 Å². The van der Waals surface area contributed by atoms with E-state index in [1.165, 1.54) is 0 Å². The highest BCUT2D eigenvalue weighted by atomic mass is 79.9. The molecule has 2 amide bonds. The van der Waals surface area contributed by atoms with Gasteiger partial charge in [-0.15, -0.1) is 12.4 Å². The topological polar surface area (TPSA) is 61.4 Å². The van der Waals surface area contributed by atoms with Gasteiger partial charge in [0.15, 0.2) is 0 Å². The normalized spacial score (nSPS) is 14.8. The lowest BCUT2D eigenvalue weighted by Crippen LogP contribution is -2.41. The molecule has 0 spiro atoms. The Labute approximate surface area is 139 Å². The SMILES string of the molecule is Cl.O=C(NCC(=O)N1CCCNCC1)c1cccc(Br)c1. The number of rotatable bonds is 3. The molecule has 0 aromatic heterocycles. The van der Waals surface area contributed by atoms with Crippen LogP contribution < -0.4 is 10.6 Å². The Morgan fingerprint density at radius 2 is 2.10 bits per heavy atom. The molecular weight excluding hydrogens is 358 g/mol. The predicted molar refractivity (Wildman–Crippen MR) is 87.8 cm³/mol. The Morgan fingerprint density at radius 1 is 1.29 bits per heavy atom. The average molecular weight is 377 g/mol. The quantitative estimate of drug-likeness (QED) is 0.839. The van der Waals surface area contributed by atoms with Crippen LogP contribution in [0.1, 0.15) is 16.8 Å². The third kappa shape index (κ3) is 5.65. The van der Waals surface area contributed by atoms with Crippen LogP contribution in [0, 0.1) is 0 Å². The Balaban J connectivity index is 0.00000220. The van der Waals surface area contributed by atoms with Crippen molar-refractivity contribution in [3.8, 4) is 0 Å². The van der Waals surface area contributed by atoms with Crippen LogP contribution in [0.25, 0.3) is 0 Å². The highest BCUT2D eigenvalue weighted by molar-refractivity contribution is 9.10. The lowest BCUT2D eigenvalue weighted by molar-refractivity contribution is -0.129. The van der Waals surface area contributed by atoms with Gasteiger partial charge in [0, 0.05) is 29.7 Å². The Bertz CT molecular complexity index is 491. The second-order valence-electron chi connectivity index (χ2n) is 4.68. The molecular formula is C14H19BrClN3O2. The summed E-state index contributed by atoms with van der Waals surface area (Å²) in [4.78, 5) is 25.8. The standard InChI is InChI=1S/C14H18BrN3O2.ClH/c15-12-4-1-3-11(9-12)14(20)17-10-13(19)18-7-2-5-16-6-8-18;/h1,3-4,9,16H,2,5-8,10H2,(H,17,20);1H.